The molecule has 0 saturated carbocycles. The van der Waals surface area contributed by atoms with Crippen molar-refractivity contribution in [2.45, 2.75) is 6.61 Å². The van der Waals surface area contributed by atoms with Crippen LogP contribution in [0.5, 0.6) is 5.75 Å². The third-order valence-corrected chi connectivity index (χ3v) is 4.19. The van der Waals surface area contributed by atoms with Crippen LogP contribution < -0.4 is 10.1 Å². The second-order valence-electron chi connectivity index (χ2n) is 6.35. The van der Waals surface area contributed by atoms with Crippen molar-refractivity contribution in [3.05, 3.63) is 107 Å². The molecule has 0 atom stereocenters. The number of hydrogen-bond donors (Lipinski definition) is 2. The average molecular weight is 398 g/mol. The number of carboxylic acid groups (broad SMARTS) is 1. The summed E-state index contributed by atoms with van der Waals surface area (Å²) in [5.74, 6) is -1.12. The number of nitriles is 1. The standard InChI is InChI=1S/C24H18N2O4/c25-15-18-6-8-19(9-7-18)16-30-21-12-10-17(11-13-21)14-22(24(28)29)26-23(27)20-4-2-1-3-5-20/h1-14H,16H2,(H,26,27)(H,28,29)/b22-14+. The second kappa shape index (κ2) is 9.71. The third kappa shape index (κ3) is 5.57. The molecule has 30 heavy (non-hydrogen) atoms. The van der Waals surface area contributed by atoms with E-state index in [0.717, 1.165) is 5.56 Å². The molecule has 0 fully saturated rings. The Morgan fingerprint density at radius 1 is 0.967 bits per heavy atom. The Morgan fingerprint density at radius 2 is 1.63 bits per heavy atom. The fourth-order valence-corrected chi connectivity index (χ4v) is 2.60. The lowest BCUT2D eigenvalue weighted by atomic mass is 10.1. The summed E-state index contributed by atoms with van der Waals surface area (Å²) in [7, 11) is 0. The van der Waals surface area contributed by atoms with Gasteiger partial charge >= 0.3 is 5.97 Å². The van der Waals surface area contributed by atoms with Crippen LogP contribution in [0.2, 0.25) is 0 Å². The van der Waals surface area contributed by atoms with Crippen LogP contribution in [0.1, 0.15) is 27.0 Å². The Bertz CT molecular complexity index is 1100. The molecule has 6 heteroatoms. The maximum absolute atomic E-state index is 12.2. The molecule has 2 N–H and O–H groups in total. The van der Waals surface area contributed by atoms with Crippen molar-refractivity contribution in [2.24, 2.45) is 0 Å². The highest BCUT2D eigenvalue weighted by molar-refractivity contribution is 6.02. The number of nitrogens with one attached hydrogen (secondary N) is 1. The second-order valence-corrected chi connectivity index (χ2v) is 6.35. The smallest absolute Gasteiger partial charge is 0.352 e. The van der Waals surface area contributed by atoms with E-state index in [4.69, 9.17) is 10.00 Å². The maximum atomic E-state index is 12.2. The quantitative estimate of drug-likeness (QED) is 0.586. The van der Waals surface area contributed by atoms with Gasteiger partial charge in [-0.3, -0.25) is 4.79 Å². The molecular formula is C24H18N2O4. The van der Waals surface area contributed by atoms with Crippen LogP contribution in [0.25, 0.3) is 6.08 Å². The van der Waals surface area contributed by atoms with Gasteiger partial charge in [0.15, 0.2) is 0 Å². The van der Waals surface area contributed by atoms with Crippen molar-refractivity contribution in [3.63, 3.8) is 0 Å². The minimum atomic E-state index is -1.24. The molecule has 0 radical (unpaired) electrons. The van der Waals surface area contributed by atoms with Gasteiger partial charge in [0.05, 0.1) is 11.6 Å². The normalized spacial score (nSPS) is 10.7. The zero-order valence-corrected chi connectivity index (χ0v) is 15.9. The highest BCUT2D eigenvalue weighted by Gasteiger charge is 2.13. The molecule has 3 rings (SSSR count). The van der Waals surface area contributed by atoms with Gasteiger partial charge in [-0.1, -0.05) is 42.5 Å². The fourth-order valence-electron chi connectivity index (χ4n) is 2.60. The van der Waals surface area contributed by atoms with Crippen molar-refractivity contribution < 1.29 is 19.4 Å². The summed E-state index contributed by atoms with van der Waals surface area (Å²) in [5.41, 5.74) is 2.26. The first-order valence-electron chi connectivity index (χ1n) is 9.08. The summed E-state index contributed by atoms with van der Waals surface area (Å²) in [6, 6.07) is 24.4. The number of amides is 1. The third-order valence-electron chi connectivity index (χ3n) is 4.19. The summed E-state index contributed by atoms with van der Waals surface area (Å²) in [4.78, 5) is 23.7. The number of carbonyl (C=O) groups excluding carboxylic acids is 1. The number of hydrogen-bond acceptors (Lipinski definition) is 4. The minimum absolute atomic E-state index is 0.227. The largest absolute Gasteiger partial charge is 0.489 e. The summed E-state index contributed by atoms with van der Waals surface area (Å²) in [5, 5.41) is 20.6. The van der Waals surface area contributed by atoms with E-state index >= 15 is 0 Å². The molecule has 3 aromatic carbocycles. The number of rotatable bonds is 7. The van der Waals surface area contributed by atoms with E-state index in [2.05, 4.69) is 11.4 Å². The van der Waals surface area contributed by atoms with E-state index in [1.54, 1.807) is 66.7 Å². The van der Waals surface area contributed by atoms with Gasteiger partial charge in [0.25, 0.3) is 5.91 Å². The van der Waals surface area contributed by atoms with E-state index < -0.39 is 11.9 Å². The minimum Gasteiger partial charge on any atom is -0.489 e. The first-order valence-corrected chi connectivity index (χ1v) is 9.08. The highest BCUT2D eigenvalue weighted by Crippen LogP contribution is 2.16. The van der Waals surface area contributed by atoms with Crippen molar-refractivity contribution in [1.82, 2.24) is 5.32 Å². The van der Waals surface area contributed by atoms with Crippen LogP contribution >= 0.6 is 0 Å². The number of carboxylic acids is 1. The van der Waals surface area contributed by atoms with Gasteiger partial charge in [0.1, 0.15) is 18.1 Å². The van der Waals surface area contributed by atoms with Crippen molar-refractivity contribution in [1.29, 1.82) is 5.26 Å². The Hall–Kier alpha value is -4.37. The number of aliphatic carboxylic acids is 1. The molecule has 0 heterocycles. The van der Waals surface area contributed by atoms with Gasteiger partial charge in [-0.05, 0) is 53.6 Å². The number of nitrogens with zero attached hydrogens (tertiary/aromatic N) is 1. The Labute approximate surface area is 173 Å². The molecule has 0 unspecified atom stereocenters. The molecule has 0 spiro atoms. The first kappa shape index (κ1) is 20.4. The van der Waals surface area contributed by atoms with E-state index in [9.17, 15) is 14.7 Å². The predicted molar refractivity (Wildman–Crippen MR) is 111 cm³/mol. The van der Waals surface area contributed by atoms with Gasteiger partial charge in [-0.25, -0.2) is 4.79 Å². The SMILES string of the molecule is N#Cc1ccc(COc2ccc(/C=C(/NC(=O)c3ccccc3)C(=O)O)cc2)cc1. The predicted octanol–water partition coefficient (Wildman–Crippen LogP) is 3.99. The van der Waals surface area contributed by atoms with E-state index in [0.29, 0.717) is 29.0 Å². The Morgan fingerprint density at radius 3 is 2.23 bits per heavy atom. The lowest BCUT2D eigenvalue weighted by Crippen LogP contribution is -2.27. The lowest BCUT2D eigenvalue weighted by Gasteiger charge is -2.08. The summed E-state index contributed by atoms with van der Waals surface area (Å²) in [6.07, 6.45) is 1.38. The zero-order valence-electron chi connectivity index (χ0n) is 15.9. The molecular weight excluding hydrogens is 380 g/mol. The van der Waals surface area contributed by atoms with E-state index in [1.165, 1.54) is 6.08 Å². The van der Waals surface area contributed by atoms with Gasteiger partial charge in [-0.15, -0.1) is 0 Å². The fraction of sp³-hybridized carbons (Fsp3) is 0.0417. The molecule has 0 saturated heterocycles. The van der Waals surface area contributed by atoms with Crippen molar-refractivity contribution >= 4 is 18.0 Å². The monoisotopic (exact) mass is 398 g/mol. The molecule has 0 aromatic heterocycles. The Balaban J connectivity index is 1.65. The Kier molecular flexibility index (Phi) is 6.59. The molecule has 0 aliphatic carbocycles. The highest BCUT2D eigenvalue weighted by atomic mass is 16.5. The zero-order chi connectivity index (χ0) is 21.3. The number of benzene rings is 3. The number of carbonyl (C=O) groups is 2. The molecule has 0 bridgehead atoms. The molecule has 0 aliphatic heterocycles. The van der Waals surface area contributed by atoms with Gasteiger partial charge < -0.3 is 15.2 Å². The average Bonchev–Trinajstić information content (AvgIpc) is 2.79. The van der Waals surface area contributed by atoms with Crippen molar-refractivity contribution in [3.8, 4) is 11.8 Å². The first-order chi connectivity index (χ1) is 14.5. The van der Waals surface area contributed by atoms with Crippen LogP contribution in [0.15, 0.2) is 84.6 Å². The van der Waals surface area contributed by atoms with E-state index in [-0.39, 0.29) is 5.70 Å². The van der Waals surface area contributed by atoms with Crippen LogP contribution in [0.4, 0.5) is 0 Å². The van der Waals surface area contributed by atoms with Crippen LogP contribution in [0.3, 0.4) is 0 Å². The maximum Gasteiger partial charge on any atom is 0.352 e. The van der Waals surface area contributed by atoms with Gasteiger partial charge in [0.2, 0.25) is 0 Å². The van der Waals surface area contributed by atoms with Crippen LogP contribution in [-0.2, 0) is 11.4 Å². The molecule has 3 aromatic rings. The van der Waals surface area contributed by atoms with E-state index in [1.807, 2.05) is 12.1 Å². The molecule has 148 valence electrons. The van der Waals surface area contributed by atoms with Crippen LogP contribution in [-0.4, -0.2) is 17.0 Å². The number of ether oxygens (including phenoxy) is 1. The lowest BCUT2D eigenvalue weighted by molar-refractivity contribution is -0.132. The molecule has 6 nitrogen and oxygen atoms in total. The van der Waals surface area contributed by atoms with Gasteiger partial charge in [-0.2, -0.15) is 5.26 Å². The molecule has 1 amide bonds. The van der Waals surface area contributed by atoms with Gasteiger partial charge in [0, 0.05) is 5.56 Å². The topological polar surface area (TPSA) is 99.4 Å². The van der Waals surface area contributed by atoms with Crippen molar-refractivity contribution in [2.75, 3.05) is 0 Å². The summed E-state index contributed by atoms with van der Waals surface area (Å²) >= 11 is 0. The molecule has 0 aliphatic rings. The summed E-state index contributed by atoms with van der Waals surface area (Å²) < 4.78 is 5.71. The van der Waals surface area contributed by atoms with Crippen LogP contribution in [0, 0.1) is 11.3 Å². The summed E-state index contributed by atoms with van der Waals surface area (Å²) in [6.45, 7) is 0.342.